The summed E-state index contributed by atoms with van der Waals surface area (Å²) in [4.78, 5) is 25.4. The van der Waals surface area contributed by atoms with E-state index in [1.807, 2.05) is 27.1 Å². The number of nitrogens with zero attached hydrogens (tertiary/aromatic N) is 2. The van der Waals surface area contributed by atoms with Crippen LogP contribution in [-0.4, -0.2) is 35.9 Å². The molecule has 0 N–H and O–H groups in total. The fourth-order valence-corrected chi connectivity index (χ4v) is 1.76. The van der Waals surface area contributed by atoms with Crippen molar-refractivity contribution >= 4 is 5.78 Å². The molecule has 0 saturated carbocycles. The van der Waals surface area contributed by atoms with E-state index >= 15 is 0 Å². The number of carbonyl (C=O) groups is 1. The molecule has 1 heterocycles. The van der Waals surface area contributed by atoms with Crippen LogP contribution in [0.1, 0.15) is 29.4 Å². The fraction of sp³-hybridized carbons (Fsp3) is 0.538. The van der Waals surface area contributed by atoms with Crippen molar-refractivity contribution in [2.75, 3.05) is 20.6 Å². The van der Waals surface area contributed by atoms with Crippen molar-refractivity contribution in [1.82, 2.24) is 9.47 Å². The molecule has 0 spiro atoms. The van der Waals surface area contributed by atoms with Crippen LogP contribution in [-0.2, 0) is 6.54 Å². The van der Waals surface area contributed by atoms with Gasteiger partial charge in [0, 0.05) is 12.2 Å². The SMILES string of the molecule is CC(=O)c1ccc(C)n(CCCN(C)C)c1=O. The van der Waals surface area contributed by atoms with E-state index in [0.717, 1.165) is 18.7 Å². The van der Waals surface area contributed by atoms with Gasteiger partial charge in [0.2, 0.25) is 0 Å². The van der Waals surface area contributed by atoms with Gasteiger partial charge in [-0.05, 0) is 53.0 Å². The number of pyridine rings is 1. The molecule has 1 aromatic heterocycles. The summed E-state index contributed by atoms with van der Waals surface area (Å²) < 4.78 is 1.68. The van der Waals surface area contributed by atoms with Crippen LogP contribution < -0.4 is 5.56 Å². The molecular weight excluding hydrogens is 216 g/mol. The van der Waals surface area contributed by atoms with Gasteiger partial charge in [0.05, 0.1) is 5.56 Å². The van der Waals surface area contributed by atoms with Crippen LogP contribution in [0.3, 0.4) is 0 Å². The number of aryl methyl sites for hydroxylation is 1. The lowest BCUT2D eigenvalue weighted by molar-refractivity contribution is 0.101. The monoisotopic (exact) mass is 236 g/mol. The quantitative estimate of drug-likeness (QED) is 0.724. The number of carbonyl (C=O) groups excluding carboxylic acids is 1. The van der Waals surface area contributed by atoms with Gasteiger partial charge in [0.1, 0.15) is 0 Å². The summed E-state index contributed by atoms with van der Waals surface area (Å²) in [5.74, 6) is -0.170. The summed E-state index contributed by atoms with van der Waals surface area (Å²) in [5.41, 5.74) is 1.01. The van der Waals surface area contributed by atoms with Crippen LogP contribution in [0.15, 0.2) is 16.9 Å². The van der Waals surface area contributed by atoms with E-state index < -0.39 is 0 Å². The van der Waals surface area contributed by atoms with Crippen LogP contribution in [0.2, 0.25) is 0 Å². The second-order valence-corrected chi connectivity index (χ2v) is 4.56. The minimum Gasteiger partial charge on any atom is -0.312 e. The minimum atomic E-state index is -0.170. The van der Waals surface area contributed by atoms with Crippen molar-refractivity contribution in [3.05, 3.63) is 33.7 Å². The van der Waals surface area contributed by atoms with Gasteiger partial charge in [-0.3, -0.25) is 9.59 Å². The zero-order valence-electron chi connectivity index (χ0n) is 11.0. The topological polar surface area (TPSA) is 42.3 Å². The van der Waals surface area contributed by atoms with Gasteiger partial charge in [0.25, 0.3) is 5.56 Å². The van der Waals surface area contributed by atoms with E-state index in [9.17, 15) is 9.59 Å². The normalized spacial score (nSPS) is 10.9. The molecule has 0 radical (unpaired) electrons. The fourth-order valence-electron chi connectivity index (χ4n) is 1.76. The van der Waals surface area contributed by atoms with Crippen molar-refractivity contribution in [2.45, 2.75) is 26.8 Å². The average molecular weight is 236 g/mol. The van der Waals surface area contributed by atoms with Gasteiger partial charge in [0.15, 0.2) is 5.78 Å². The third-order valence-corrected chi connectivity index (χ3v) is 2.76. The van der Waals surface area contributed by atoms with Crippen molar-refractivity contribution in [3.8, 4) is 0 Å². The standard InChI is InChI=1S/C13H20N2O2/c1-10-6-7-12(11(2)16)13(17)15(10)9-5-8-14(3)4/h6-7H,5,8-9H2,1-4H3. The Kier molecular flexibility index (Phi) is 4.63. The second-order valence-electron chi connectivity index (χ2n) is 4.56. The number of hydrogen-bond donors (Lipinski definition) is 0. The first-order valence-electron chi connectivity index (χ1n) is 5.79. The maximum Gasteiger partial charge on any atom is 0.261 e. The van der Waals surface area contributed by atoms with Gasteiger partial charge in [-0.2, -0.15) is 0 Å². The lowest BCUT2D eigenvalue weighted by atomic mass is 10.2. The van der Waals surface area contributed by atoms with Crippen LogP contribution in [0.5, 0.6) is 0 Å². The Labute approximate surface area is 102 Å². The summed E-state index contributed by atoms with van der Waals surface area (Å²) in [7, 11) is 4.00. The van der Waals surface area contributed by atoms with E-state index in [4.69, 9.17) is 0 Å². The van der Waals surface area contributed by atoms with Crippen molar-refractivity contribution < 1.29 is 4.79 Å². The molecule has 0 bridgehead atoms. The maximum absolute atomic E-state index is 12.0. The predicted octanol–water partition coefficient (Wildman–Crippen LogP) is 1.31. The summed E-state index contributed by atoms with van der Waals surface area (Å²) in [6.45, 7) is 4.90. The molecule has 0 amide bonds. The zero-order valence-corrected chi connectivity index (χ0v) is 11.0. The highest BCUT2D eigenvalue weighted by molar-refractivity contribution is 5.93. The summed E-state index contributed by atoms with van der Waals surface area (Å²) in [5, 5.41) is 0. The largest absolute Gasteiger partial charge is 0.312 e. The first-order chi connectivity index (χ1) is 7.93. The Morgan fingerprint density at radius 3 is 2.53 bits per heavy atom. The molecule has 0 saturated heterocycles. The summed E-state index contributed by atoms with van der Waals surface area (Å²) in [6, 6.07) is 3.44. The molecule has 1 rings (SSSR count). The number of aromatic nitrogens is 1. The van der Waals surface area contributed by atoms with Crippen LogP contribution in [0.25, 0.3) is 0 Å². The Morgan fingerprint density at radius 2 is 2.00 bits per heavy atom. The van der Waals surface area contributed by atoms with Crippen LogP contribution in [0.4, 0.5) is 0 Å². The summed E-state index contributed by atoms with van der Waals surface area (Å²) in [6.07, 6.45) is 0.898. The molecule has 0 aliphatic carbocycles. The highest BCUT2D eigenvalue weighted by Gasteiger charge is 2.09. The summed E-state index contributed by atoms with van der Waals surface area (Å²) >= 11 is 0. The van der Waals surface area contributed by atoms with Gasteiger partial charge in [-0.1, -0.05) is 0 Å². The molecule has 94 valence electrons. The molecule has 0 fully saturated rings. The minimum absolute atomic E-state index is 0.170. The highest BCUT2D eigenvalue weighted by Crippen LogP contribution is 2.01. The van der Waals surface area contributed by atoms with Gasteiger partial charge < -0.3 is 9.47 Å². The molecule has 0 aliphatic rings. The van der Waals surface area contributed by atoms with E-state index in [2.05, 4.69) is 4.90 Å². The molecule has 0 unspecified atom stereocenters. The van der Waals surface area contributed by atoms with Gasteiger partial charge in [-0.25, -0.2) is 0 Å². The number of rotatable bonds is 5. The van der Waals surface area contributed by atoms with Gasteiger partial charge in [-0.15, -0.1) is 0 Å². The Hall–Kier alpha value is -1.42. The molecule has 4 heteroatoms. The maximum atomic E-state index is 12.0. The van der Waals surface area contributed by atoms with E-state index in [0.29, 0.717) is 6.54 Å². The van der Waals surface area contributed by atoms with Crippen molar-refractivity contribution in [2.24, 2.45) is 0 Å². The molecule has 0 aliphatic heterocycles. The molecule has 0 atom stereocenters. The number of Topliss-reactive ketones (excluding diaryl/α,β-unsaturated/α-hetero) is 1. The van der Waals surface area contributed by atoms with E-state index in [1.54, 1.807) is 10.6 Å². The Morgan fingerprint density at radius 1 is 1.35 bits per heavy atom. The predicted molar refractivity (Wildman–Crippen MR) is 68.6 cm³/mol. The lowest BCUT2D eigenvalue weighted by Crippen LogP contribution is -2.28. The van der Waals surface area contributed by atoms with Crippen LogP contribution >= 0.6 is 0 Å². The highest BCUT2D eigenvalue weighted by atomic mass is 16.1. The Bertz CT molecular complexity index is 461. The Balaban J connectivity index is 2.94. The molecule has 4 nitrogen and oxygen atoms in total. The molecule has 17 heavy (non-hydrogen) atoms. The first-order valence-corrected chi connectivity index (χ1v) is 5.79. The third kappa shape index (κ3) is 3.53. The zero-order chi connectivity index (χ0) is 13.0. The molecule has 1 aromatic rings. The smallest absolute Gasteiger partial charge is 0.261 e. The second kappa shape index (κ2) is 5.77. The number of hydrogen-bond acceptors (Lipinski definition) is 3. The van der Waals surface area contributed by atoms with E-state index in [-0.39, 0.29) is 16.9 Å². The molecular formula is C13H20N2O2. The van der Waals surface area contributed by atoms with Crippen molar-refractivity contribution in [3.63, 3.8) is 0 Å². The average Bonchev–Trinajstić information content (AvgIpc) is 2.21. The van der Waals surface area contributed by atoms with Gasteiger partial charge >= 0.3 is 0 Å². The number of ketones is 1. The lowest BCUT2D eigenvalue weighted by Gasteiger charge is -2.13. The molecule has 0 aromatic carbocycles. The third-order valence-electron chi connectivity index (χ3n) is 2.76. The first kappa shape index (κ1) is 13.6. The van der Waals surface area contributed by atoms with Crippen LogP contribution in [0, 0.1) is 6.92 Å². The van der Waals surface area contributed by atoms with Crippen molar-refractivity contribution in [1.29, 1.82) is 0 Å². The van der Waals surface area contributed by atoms with E-state index in [1.165, 1.54) is 6.92 Å².